The quantitative estimate of drug-likeness (QED) is 0.256. The van der Waals surface area contributed by atoms with Gasteiger partial charge in [-0.3, -0.25) is 0 Å². The van der Waals surface area contributed by atoms with E-state index in [1.54, 1.807) is 0 Å². The van der Waals surface area contributed by atoms with Crippen LogP contribution in [0.5, 0.6) is 0 Å². The number of benzene rings is 6. The molecule has 0 radical (unpaired) electrons. The highest BCUT2D eigenvalue weighted by Gasteiger charge is 2.04. The second-order valence-corrected chi connectivity index (χ2v) is 9.27. The predicted molar refractivity (Wildman–Crippen MR) is 140 cm³/mol. The molecule has 6 aromatic rings. The highest BCUT2D eigenvalue weighted by molar-refractivity contribution is 5.99. The second kappa shape index (κ2) is 7.50. The molecular weight excluding hydrogens is 384 g/mol. The van der Waals surface area contributed by atoms with Crippen LogP contribution in [0.3, 0.4) is 0 Å². The minimum atomic E-state index is 1.06. The van der Waals surface area contributed by atoms with Crippen LogP contribution in [0.2, 0.25) is 0 Å². The van der Waals surface area contributed by atoms with Crippen LogP contribution in [0.25, 0.3) is 43.1 Å². The molecule has 0 atom stereocenters. The fraction of sp³-hybridized carbons (Fsp3) is 0.125. The smallest absolute Gasteiger partial charge is 0.0175 e. The highest BCUT2D eigenvalue weighted by Crippen LogP contribution is 2.27. The number of rotatable bonds is 3. The maximum atomic E-state index is 2.37. The summed E-state index contributed by atoms with van der Waals surface area (Å²) in [6.07, 6.45) is 2.11. The molecule has 154 valence electrons. The molecule has 0 saturated carbocycles. The molecule has 0 aromatic heterocycles. The monoisotopic (exact) mass is 410 g/mol. The molecule has 6 rings (SSSR count). The van der Waals surface area contributed by atoms with Gasteiger partial charge < -0.3 is 0 Å². The molecule has 6 aromatic carbocycles. The molecule has 0 aliphatic heterocycles. The van der Waals surface area contributed by atoms with Crippen molar-refractivity contribution in [2.45, 2.75) is 26.7 Å². The van der Waals surface area contributed by atoms with Crippen LogP contribution >= 0.6 is 0 Å². The zero-order chi connectivity index (χ0) is 21.7. The minimum Gasteiger partial charge on any atom is -0.0587 e. The molecule has 0 nitrogen and oxygen atoms in total. The van der Waals surface area contributed by atoms with Gasteiger partial charge in [0.25, 0.3) is 0 Å². The first-order chi connectivity index (χ1) is 15.6. The topological polar surface area (TPSA) is 0 Å². The maximum Gasteiger partial charge on any atom is -0.0175 e. The van der Waals surface area contributed by atoms with Crippen LogP contribution < -0.4 is 0 Å². The SMILES string of the molecule is Cc1ccc2cc3cc(CCc4ccc5cc6ccc(C)cc6cc5c4)ccc3cc2c1. The standard InChI is InChI=1S/C32H26/c1-21-4-10-26-19-31-15-23(8-12-28(31)18-29(26)13-21)5-6-24-7-11-27-17-25-9-3-22(2)14-30(25)20-32(27)16-24/h3-4,7-20H,5-6H2,1-2H3. The van der Waals surface area contributed by atoms with Crippen molar-refractivity contribution in [3.8, 4) is 0 Å². The van der Waals surface area contributed by atoms with E-state index in [0.29, 0.717) is 0 Å². The Hall–Kier alpha value is -3.64. The average molecular weight is 411 g/mol. The molecule has 0 unspecified atom stereocenters. The second-order valence-electron chi connectivity index (χ2n) is 9.27. The summed E-state index contributed by atoms with van der Waals surface area (Å²) in [7, 11) is 0. The van der Waals surface area contributed by atoms with Crippen LogP contribution in [-0.2, 0) is 12.8 Å². The molecular formula is C32H26. The van der Waals surface area contributed by atoms with Crippen molar-refractivity contribution in [1.29, 1.82) is 0 Å². The van der Waals surface area contributed by atoms with E-state index in [2.05, 4.69) is 111 Å². The first kappa shape index (κ1) is 19.1. The predicted octanol–water partition coefficient (Wildman–Crippen LogP) is 8.70. The first-order valence-electron chi connectivity index (χ1n) is 11.5. The summed E-state index contributed by atoms with van der Waals surface area (Å²) in [5, 5.41) is 10.6. The van der Waals surface area contributed by atoms with E-state index in [0.717, 1.165) is 12.8 Å². The van der Waals surface area contributed by atoms with Crippen LogP contribution in [0.15, 0.2) is 97.1 Å². The number of aryl methyl sites for hydroxylation is 4. The maximum absolute atomic E-state index is 2.37. The van der Waals surface area contributed by atoms with Gasteiger partial charge in [0.05, 0.1) is 0 Å². The molecule has 0 aliphatic rings. The largest absolute Gasteiger partial charge is 0.0587 e. The van der Waals surface area contributed by atoms with Gasteiger partial charge in [0.2, 0.25) is 0 Å². The first-order valence-corrected chi connectivity index (χ1v) is 11.5. The van der Waals surface area contributed by atoms with Gasteiger partial charge in [-0.1, -0.05) is 83.9 Å². The fourth-order valence-electron chi connectivity index (χ4n) is 4.93. The molecule has 0 heterocycles. The van der Waals surface area contributed by atoms with E-state index in [9.17, 15) is 0 Å². The van der Waals surface area contributed by atoms with E-state index < -0.39 is 0 Å². The summed E-state index contributed by atoms with van der Waals surface area (Å²) in [5.74, 6) is 0. The van der Waals surface area contributed by atoms with Crippen molar-refractivity contribution >= 4 is 43.1 Å². The third kappa shape index (κ3) is 3.52. The Labute approximate surface area is 189 Å². The molecule has 0 heteroatoms. The average Bonchev–Trinajstić information content (AvgIpc) is 2.80. The Morgan fingerprint density at radius 2 is 0.688 bits per heavy atom. The molecule has 0 saturated heterocycles. The van der Waals surface area contributed by atoms with Crippen molar-refractivity contribution in [3.05, 3.63) is 119 Å². The zero-order valence-electron chi connectivity index (χ0n) is 18.7. The summed E-state index contributed by atoms with van der Waals surface area (Å²) >= 11 is 0. The Morgan fingerprint density at radius 1 is 0.344 bits per heavy atom. The third-order valence-electron chi connectivity index (χ3n) is 6.73. The fourth-order valence-corrected chi connectivity index (χ4v) is 4.93. The summed E-state index contributed by atoms with van der Waals surface area (Å²) in [5.41, 5.74) is 5.43. The molecule has 0 aliphatic carbocycles. The molecule has 0 spiro atoms. The van der Waals surface area contributed by atoms with Gasteiger partial charge in [-0.25, -0.2) is 0 Å². The lowest BCUT2D eigenvalue weighted by Crippen LogP contribution is -1.92. The van der Waals surface area contributed by atoms with E-state index >= 15 is 0 Å². The highest BCUT2D eigenvalue weighted by atomic mass is 14.1. The molecule has 32 heavy (non-hydrogen) atoms. The minimum absolute atomic E-state index is 1.06. The van der Waals surface area contributed by atoms with Crippen molar-refractivity contribution in [2.75, 3.05) is 0 Å². The van der Waals surface area contributed by atoms with E-state index in [-0.39, 0.29) is 0 Å². The number of fused-ring (bicyclic) bond motifs is 4. The van der Waals surface area contributed by atoms with Crippen molar-refractivity contribution < 1.29 is 0 Å². The van der Waals surface area contributed by atoms with Crippen LogP contribution in [-0.4, -0.2) is 0 Å². The summed E-state index contributed by atoms with van der Waals surface area (Å²) in [6.45, 7) is 4.32. The lowest BCUT2D eigenvalue weighted by Gasteiger charge is -2.08. The Balaban J connectivity index is 1.29. The molecule has 0 amide bonds. The Kier molecular flexibility index (Phi) is 4.47. The van der Waals surface area contributed by atoms with Crippen LogP contribution in [0.1, 0.15) is 22.3 Å². The third-order valence-corrected chi connectivity index (χ3v) is 6.73. The van der Waals surface area contributed by atoms with E-state index in [1.165, 1.54) is 65.3 Å². The summed E-state index contributed by atoms with van der Waals surface area (Å²) < 4.78 is 0. The van der Waals surface area contributed by atoms with Gasteiger partial charge in [0, 0.05) is 0 Å². The Bertz CT molecular complexity index is 1640. The van der Waals surface area contributed by atoms with Crippen LogP contribution in [0, 0.1) is 13.8 Å². The summed E-state index contributed by atoms with van der Waals surface area (Å²) in [4.78, 5) is 0. The number of hydrogen-bond acceptors (Lipinski definition) is 0. The zero-order valence-corrected chi connectivity index (χ0v) is 18.7. The normalized spacial score (nSPS) is 11.7. The van der Waals surface area contributed by atoms with Crippen LogP contribution in [0.4, 0.5) is 0 Å². The number of hydrogen-bond donors (Lipinski definition) is 0. The summed E-state index contributed by atoms with van der Waals surface area (Å²) in [6, 6.07) is 36.6. The van der Waals surface area contributed by atoms with Crippen molar-refractivity contribution in [1.82, 2.24) is 0 Å². The van der Waals surface area contributed by atoms with E-state index in [1.807, 2.05) is 0 Å². The molecule has 0 N–H and O–H groups in total. The molecule has 0 bridgehead atoms. The van der Waals surface area contributed by atoms with Gasteiger partial charge >= 0.3 is 0 Å². The van der Waals surface area contributed by atoms with Gasteiger partial charge in [-0.2, -0.15) is 0 Å². The lowest BCUT2D eigenvalue weighted by molar-refractivity contribution is 0.965. The lowest BCUT2D eigenvalue weighted by atomic mass is 9.96. The van der Waals surface area contributed by atoms with Gasteiger partial charge in [0.1, 0.15) is 0 Å². The van der Waals surface area contributed by atoms with Crippen molar-refractivity contribution in [3.63, 3.8) is 0 Å². The molecule has 0 fully saturated rings. The van der Waals surface area contributed by atoms with Crippen molar-refractivity contribution in [2.24, 2.45) is 0 Å². The van der Waals surface area contributed by atoms with Gasteiger partial charge in [0.15, 0.2) is 0 Å². The van der Waals surface area contributed by atoms with Gasteiger partial charge in [-0.05, 0) is 105 Å². The van der Waals surface area contributed by atoms with Gasteiger partial charge in [-0.15, -0.1) is 0 Å². The Morgan fingerprint density at radius 3 is 1.16 bits per heavy atom. The van der Waals surface area contributed by atoms with E-state index in [4.69, 9.17) is 0 Å².